The molecular weight excluding hydrogens is 366 g/mol. The Morgan fingerprint density at radius 3 is 2.31 bits per heavy atom. The number of rotatable bonds is 5. The topological polar surface area (TPSA) is 84.6 Å². The fraction of sp³-hybridized carbons (Fsp3) is 0.318. The normalized spacial score (nSPS) is 15.5. The number of carbonyl (C=O) groups is 1. The van der Waals surface area contributed by atoms with Gasteiger partial charge in [0.25, 0.3) is 0 Å². The lowest BCUT2D eigenvalue weighted by atomic mass is 10.1. The molecule has 4 rings (SSSR count). The molecule has 2 aromatic carbocycles. The first kappa shape index (κ1) is 19.3. The van der Waals surface area contributed by atoms with Crippen LogP contribution in [0.3, 0.4) is 0 Å². The molecule has 0 unspecified atom stereocenters. The zero-order valence-corrected chi connectivity index (χ0v) is 16.5. The van der Waals surface area contributed by atoms with E-state index in [4.69, 9.17) is 10.5 Å². The van der Waals surface area contributed by atoms with Crippen LogP contribution in [0.5, 0.6) is 0 Å². The minimum atomic E-state index is -0.304. The molecular formula is C22H25N5O2. The van der Waals surface area contributed by atoms with Crippen LogP contribution in [0.15, 0.2) is 48.5 Å². The van der Waals surface area contributed by atoms with E-state index in [0.29, 0.717) is 17.9 Å². The summed E-state index contributed by atoms with van der Waals surface area (Å²) in [6.07, 6.45) is 0. The van der Waals surface area contributed by atoms with Crippen molar-refractivity contribution < 1.29 is 9.53 Å². The van der Waals surface area contributed by atoms with Gasteiger partial charge in [0, 0.05) is 38.1 Å². The maximum atomic E-state index is 11.5. The van der Waals surface area contributed by atoms with Crippen molar-refractivity contribution in [3.05, 3.63) is 65.5 Å². The van der Waals surface area contributed by atoms with Gasteiger partial charge in [0.15, 0.2) is 0 Å². The highest BCUT2D eigenvalue weighted by molar-refractivity contribution is 5.89. The highest BCUT2D eigenvalue weighted by atomic mass is 16.5. The minimum absolute atomic E-state index is 0.304. The van der Waals surface area contributed by atoms with Gasteiger partial charge in [-0.1, -0.05) is 24.3 Å². The first-order chi connectivity index (χ1) is 14.1. The van der Waals surface area contributed by atoms with Crippen LogP contribution >= 0.6 is 0 Å². The molecule has 0 amide bonds. The monoisotopic (exact) mass is 391 g/mol. The van der Waals surface area contributed by atoms with Crippen molar-refractivity contribution in [2.24, 2.45) is 0 Å². The number of nitrogens with two attached hydrogens (primary N) is 1. The smallest absolute Gasteiger partial charge is 0.337 e. The molecule has 0 radical (unpaired) electrons. The lowest BCUT2D eigenvalue weighted by Gasteiger charge is -2.34. The Hall–Kier alpha value is -3.03. The summed E-state index contributed by atoms with van der Waals surface area (Å²) in [6.45, 7) is 5.43. The number of hydrogen-bond acceptors (Lipinski definition) is 7. The third kappa shape index (κ3) is 4.52. The number of nitrogens with zero attached hydrogens (tertiary/aromatic N) is 4. The summed E-state index contributed by atoms with van der Waals surface area (Å²) in [4.78, 5) is 25.5. The van der Waals surface area contributed by atoms with Crippen LogP contribution in [-0.4, -0.2) is 59.0 Å². The zero-order chi connectivity index (χ0) is 20.2. The molecule has 0 spiro atoms. The van der Waals surface area contributed by atoms with Gasteiger partial charge in [-0.25, -0.2) is 14.8 Å². The first-order valence-electron chi connectivity index (χ1n) is 9.75. The van der Waals surface area contributed by atoms with E-state index >= 15 is 0 Å². The number of methoxy groups -OCH3 is 1. The number of benzene rings is 2. The van der Waals surface area contributed by atoms with Gasteiger partial charge >= 0.3 is 5.97 Å². The van der Waals surface area contributed by atoms with Gasteiger partial charge in [-0.2, -0.15) is 0 Å². The summed E-state index contributed by atoms with van der Waals surface area (Å²) in [6, 6.07) is 15.5. The Kier molecular flexibility index (Phi) is 5.69. The molecule has 1 fully saturated rings. The van der Waals surface area contributed by atoms with E-state index in [2.05, 4.69) is 19.8 Å². The summed E-state index contributed by atoms with van der Waals surface area (Å²) in [5, 5.41) is 0.902. The van der Waals surface area contributed by atoms with Crippen LogP contribution in [0.2, 0.25) is 0 Å². The van der Waals surface area contributed by atoms with Gasteiger partial charge in [0.2, 0.25) is 0 Å². The molecule has 2 N–H and O–H groups in total. The van der Waals surface area contributed by atoms with Crippen molar-refractivity contribution in [1.82, 2.24) is 19.8 Å². The van der Waals surface area contributed by atoms with Crippen molar-refractivity contribution in [3.63, 3.8) is 0 Å². The summed E-state index contributed by atoms with van der Waals surface area (Å²) >= 11 is 0. The number of piperazine rings is 1. The van der Waals surface area contributed by atoms with Crippen LogP contribution in [0.25, 0.3) is 10.9 Å². The van der Waals surface area contributed by atoms with Crippen molar-refractivity contribution in [2.75, 3.05) is 39.0 Å². The summed E-state index contributed by atoms with van der Waals surface area (Å²) in [7, 11) is 1.40. The molecule has 150 valence electrons. The number of ether oxygens (including phenoxy) is 1. The molecule has 1 aliphatic rings. The quantitative estimate of drug-likeness (QED) is 0.668. The zero-order valence-electron chi connectivity index (χ0n) is 16.5. The van der Waals surface area contributed by atoms with Crippen LogP contribution in [0.4, 0.5) is 5.82 Å². The number of fused-ring (bicyclic) bond motifs is 1. The predicted octanol–water partition coefficient (Wildman–Crippen LogP) is 2.32. The number of anilines is 1. The van der Waals surface area contributed by atoms with Crippen molar-refractivity contribution in [2.45, 2.75) is 13.1 Å². The molecule has 0 saturated carbocycles. The van der Waals surface area contributed by atoms with E-state index in [-0.39, 0.29) is 5.97 Å². The lowest BCUT2D eigenvalue weighted by molar-refractivity contribution is 0.0600. The molecule has 0 atom stereocenters. The van der Waals surface area contributed by atoms with Crippen LogP contribution in [-0.2, 0) is 17.8 Å². The SMILES string of the molecule is COC(=O)c1ccc(CN2CCN(Cc3nc(N)c4ccccc4n3)CC2)cc1. The second-order valence-corrected chi connectivity index (χ2v) is 7.28. The second kappa shape index (κ2) is 8.55. The number of para-hydroxylation sites is 1. The molecule has 7 nitrogen and oxygen atoms in total. The van der Waals surface area contributed by atoms with Crippen LogP contribution in [0.1, 0.15) is 21.7 Å². The number of nitrogen functional groups attached to an aromatic ring is 1. The number of carbonyl (C=O) groups excluding carboxylic acids is 1. The summed E-state index contributed by atoms with van der Waals surface area (Å²) in [5.41, 5.74) is 8.76. The van der Waals surface area contributed by atoms with Gasteiger partial charge in [-0.3, -0.25) is 9.80 Å². The first-order valence-corrected chi connectivity index (χ1v) is 9.75. The van der Waals surface area contributed by atoms with Gasteiger partial charge in [-0.15, -0.1) is 0 Å². The Morgan fingerprint density at radius 1 is 0.966 bits per heavy atom. The second-order valence-electron chi connectivity index (χ2n) is 7.28. The van der Waals surface area contributed by atoms with E-state index in [1.54, 1.807) is 0 Å². The molecule has 0 aliphatic carbocycles. The van der Waals surface area contributed by atoms with E-state index < -0.39 is 0 Å². The number of hydrogen-bond donors (Lipinski definition) is 1. The van der Waals surface area contributed by atoms with Gasteiger partial charge < -0.3 is 10.5 Å². The third-order valence-corrected chi connectivity index (χ3v) is 5.29. The summed E-state index contributed by atoms with van der Waals surface area (Å²) in [5.74, 6) is 1.01. The van der Waals surface area contributed by atoms with Gasteiger partial charge in [-0.05, 0) is 29.8 Å². The Bertz CT molecular complexity index is 998. The van der Waals surface area contributed by atoms with Gasteiger partial charge in [0.05, 0.1) is 24.7 Å². The molecule has 2 heterocycles. The van der Waals surface area contributed by atoms with Crippen LogP contribution < -0.4 is 5.73 Å². The Balaban J connectivity index is 1.32. The molecule has 1 aliphatic heterocycles. The highest BCUT2D eigenvalue weighted by Gasteiger charge is 2.18. The Labute approximate surface area is 170 Å². The highest BCUT2D eigenvalue weighted by Crippen LogP contribution is 2.18. The molecule has 0 bridgehead atoms. The fourth-order valence-electron chi connectivity index (χ4n) is 3.65. The maximum absolute atomic E-state index is 11.5. The van der Waals surface area contributed by atoms with Crippen molar-refractivity contribution >= 4 is 22.7 Å². The fourth-order valence-corrected chi connectivity index (χ4v) is 3.65. The van der Waals surface area contributed by atoms with Crippen molar-refractivity contribution in [3.8, 4) is 0 Å². The van der Waals surface area contributed by atoms with Crippen molar-refractivity contribution in [1.29, 1.82) is 0 Å². The summed E-state index contributed by atoms with van der Waals surface area (Å²) < 4.78 is 4.74. The lowest BCUT2D eigenvalue weighted by Crippen LogP contribution is -2.45. The molecule has 7 heteroatoms. The molecule has 29 heavy (non-hydrogen) atoms. The van der Waals surface area contributed by atoms with Gasteiger partial charge in [0.1, 0.15) is 11.6 Å². The van der Waals surface area contributed by atoms with E-state index in [1.165, 1.54) is 12.7 Å². The standard InChI is InChI=1S/C22H25N5O2/c1-29-22(28)17-8-6-16(7-9-17)14-26-10-12-27(13-11-26)15-20-24-19-5-3-2-4-18(19)21(23)25-20/h2-9H,10-15H2,1H3,(H2,23,24,25). The van der Waals surface area contributed by atoms with Crippen LogP contribution in [0, 0.1) is 0 Å². The predicted molar refractivity (Wildman–Crippen MR) is 112 cm³/mol. The minimum Gasteiger partial charge on any atom is -0.465 e. The van der Waals surface area contributed by atoms with E-state index in [0.717, 1.165) is 49.5 Å². The average Bonchev–Trinajstić information content (AvgIpc) is 2.75. The largest absolute Gasteiger partial charge is 0.465 e. The molecule has 1 aromatic heterocycles. The number of esters is 1. The molecule has 1 saturated heterocycles. The third-order valence-electron chi connectivity index (χ3n) is 5.29. The maximum Gasteiger partial charge on any atom is 0.337 e. The molecule has 3 aromatic rings. The van der Waals surface area contributed by atoms with E-state index in [1.807, 2.05) is 48.5 Å². The number of aromatic nitrogens is 2. The average molecular weight is 391 g/mol. The Morgan fingerprint density at radius 2 is 1.62 bits per heavy atom. The van der Waals surface area contributed by atoms with E-state index in [9.17, 15) is 4.79 Å².